The third-order valence-corrected chi connectivity index (χ3v) is 2.78. The van der Waals surface area contributed by atoms with Crippen LogP contribution >= 0.6 is 0 Å². The van der Waals surface area contributed by atoms with Gasteiger partial charge in [-0.1, -0.05) is 0 Å². The molecule has 1 unspecified atom stereocenters. The highest BCUT2D eigenvalue weighted by Crippen LogP contribution is 2.25. The van der Waals surface area contributed by atoms with Gasteiger partial charge in [0.15, 0.2) is 0 Å². The number of aromatic nitrogens is 1. The summed E-state index contributed by atoms with van der Waals surface area (Å²) < 4.78 is 5.24. The minimum absolute atomic E-state index is 0.242. The van der Waals surface area contributed by atoms with Crippen LogP contribution in [-0.2, 0) is 16.0 Å². The van der Waals surface area contributed by atoms with Crippen molar-refractivity contribution in [3.8, 4) is 0 Å². The number of pyridine rings is 1. The number of carbonyl (C=O) groups excluding carboxylic acids is 1. The van der Waals surface area contributed by atoms with Crippen molar-refractivity contribution < 1.29 is 9.53 Å². The average molecular weight is 217 g/mol. The summed E-state index contributed by atoms with van der Waals surface area (Å²) in [6.07, 6.45) is 6.83. The van der Waals surface area contributed by atoms with Crippen LogP contribution < -0.4 is 0 Å². The zero-order valence-corrected chi connectivity index (χ0v) is 9.56. The van der Waals surface area contributed by atoms with Gasteiger partial charge in [-0.25, -0.2) is 4.79 Å². The van der Waals surface area contributed by atoms with E-state index < -0.39 is 5.60 Å². The summed E-state index contributed by atoms with van der Waals surface area (Å²) >= 11 is 0. The van der Waals surface area contributed by atoms with E-state index in [1.807, 2.05) is 32.2 Å². The smallest absolute Gasteiger partial charge is 0.331 e. The molecule has 3 nitrogen and oxygen atoms in total. The van der Waals surface area contributed by atoms with Gasteiger partial charge in [0.05, 0.1) is 0 Å². The average Bonchev–Trinajstić information content (AvgIpc) is 2.57. The van der Waals surface area contributed by atoms with Crippen molar-refractivity contribution in [2.24, 2.45) is 0 Å². The maximum absolute atomic E-state index is 11.0. The molecule has 0 aromatic carbocycles. The summed E-state index contributed by atoms with van der Waals surface area (Å²) in [6, 6.07) is 4.06. The SMILES string of the molecule is Cc1cc(CCC2(C)C=CC(=O)O2)ccn1. The Labute approximate surface area is 95.2 Å². The molecule has 3 heteroatoms. The van der Waals surface area contributed by atoms with Gasteiger partial charge < -0.3 is 4.74 Å². The molecular weight excluding hydrogens is 202 g/mol. The normalized spacial score (nSPS) is 23.5. The molecule has 1 aromatic heterocycles. The molecule has 0 radical (unpaired) electrons. The Kier molecular flexibility index (Phi) is 2.77. The maximum Gasteiger partial charge on any atom is 0.331 e. The summed E-state index contributed by atoms with van der Waals surface area (Å²) in [4.78, 5) is 15.2. The lowest BCUT2D eigenvalue weighted by Crippen LogP contribution is -2.24. The standard InChI is InChI=1S/C13H15NO2/c1-10-9-11(5-8-14-10)3-6-13(2)7-4-12(15)16-13/h4-5,7-9H,3,6H2,1-2H3. The molecule has 1 aromatic rings. The van der Waals surface area contributed by atoms with Crippen LogP contribution in [0.1, 0.15) is 24.6 Å². The van der Waals surface area contributed by atoms with Crippen LogP contribution in [0.25, 0.3) is 0 Å². The summed E-state index contributed by atoms with van der Waals surface area (Å²) in [5.74, 6) is -0.242. The van der Waals surface area contributed by atoms with Gasteiger partial charge >= 0.3 is 5.97 Å². The first-order valence-electron chi connectivity index (χ1n) is 5.41. The number of hydrogen-bond donors (Lipinski definition) is 0. The minimum atomic E-state index is -0.436. The van der Waals surface area contributed by atoms with Gasteiger partial charge in [-0.05, 0) is 50.5 Å². The summed E-state index contributed by atoms with van der Waals surface area (Å²) in [7, 11) is 0. The lowest BCUT2D eigenvalue weighted by molar-refractivity contribution is -0.144. The second-order valence-electron chi connectivity index (χ2n) is 4.37. The van der Waals surface area contributed by atoms with E-state index in [0.717, 1.165) is 18.5 Å². The Hall–Kier alpha value is -1.64. The van der Waals surface area contributed by atoms with E-state index in [9.17, 15) is 4.79 Å². The number of hydrogen-bond acceptors (Lipinski definition) is 3. The number of cyclic esters (lactones) is 1. The number of carbonyl (C=O) groups is 1. The molecule has 84 valence electrons. The zero-order chi connectivity index (χ0) is 11.6. The van der Waals surface area contributed by atoms with Crippen molar-refractivity contribution in [3.05, 3.63) is 41.7 Å². The molecule has 0 N–H and O–H groups in total. The molecule has 0 saturated heterocycles. The number of aryl methyl sites for hydroxylation is 2. The number of esters is 1. The molecule has 2 rings (SSSR count). The Morgan fingerprint density at radius 2 is 2.31 bits per heavy atom. The third-order valence-electron chi connectivity index (χ3n) is 2.78. The summed E-state index contributed by atoms with van der Waals surface area (Å²) in [5, 5.41) is 0. The molecule has 0 aliphatic carbocycles. The fourth-order valence-electron chi connectivity index (χ4n) is 1.83. The first-order valence-corrected chi connectivity index (χ1v) is 5.41. The Bertz CT molecular complexity index is 439. The van der Waals surface area contributed by atoms with Crippen LogP contribution in [0.5, 0.6) is 0 Å². The Morgan fingerprint density at radius 3 is 2.94 bits per heavy atom. The fraction of sp³-hybridized carbons (Fsp3) is 0.385. The first-order chi connectivity index (χ1) is 7.57. The summed E-state index contributed by atoms with van der Waals surface area (Å²) in [6.45, 7) is 3.91. The number of rotatable bonds is 3. The molecule has 0 amide bonds. The molecular formula is C13H15NO2. The van der Waals surface area contributed by atoms with E-state index in [4.69, 9.17) is 4.74 Å². The van der Waals surface area contributed by atoms with Crippen LogP contribution in [0.4, 0.5) is 0 Å². The van der Waals surface area contributed by atoms with E-state index in [1.54, 1.807) is 0 Å². The Balaban J connectivity index is 1.98. The zero-order valence-electron chi connectivity index (χ0n) is 9.56. The van der Waals surface area contributed by atoms with Gasteiger partial charge in [-0.2, -0.15) is 0 Å². The molecule has 1 atom stereocenters. The molecule has 0 spiro atoms. The van der Waals surface area contributed by atoms with Crippen LogP contribution in [0, 0.1) is 6.92 Å². The lowest BCUT2D eigenvalue weighted by Gasteiger charge is -2.21. The van der Waals surface area contributed by atoms with E-state index in [2.05, 4.69) is 11.1 Å². The van der Waals surface area contributed by atoms with Gasteiger partial charge in [0, 0.05) is 18.0 Å². The van der Waals surface area contributed by atoms with Crippen molar-refractivity contribution in [1.82, 2.24) is 4.98 Å². The second kappa shape index (κ2) is 4.08. The van der Waals surface area contributed by atoms with Crippen LogP contribution in [-0.4, -0.2) is 16.6 Å². The highest BCUT2D eigenvalue weighted by atomic mass is 16.6. The quantitative estimate of drug-likeness (QED) is 0.728. The van der Waals surface area contributed by atoms with Crippen molar-refractivity contribution in [2.45, 2.75) is 32.3 Å². The largest absolute Gasteiger partial charge is 0.452 e. The van der Waals surface area contributed by atoms with Crippen LogP contribution in [0.15, 0.2) is 30.5 Å². The monoisotopic (exact) mass is 217 g/mol. The second-order valence-corrected chi connectivity index (χ2v) is 4.37. The molecule has 2 heterocycles. The number of ether oxygens (including phenoxy) is 1. The minimum Gasteiger partial charge on any atom is -0.452 e. The molecule has 16 heavy (non-hydrogen) atoms. The molecule has 0 bridgehead atoms. The maximum atomic E-state index is 11.0. The highest BCUT2D eigenvalue weighted by Gasteiger charge is 2.29. The van der Waals surface area contributed by atoms with Gasteiger partial charge in [-0.3, -0.25) is 4.98 Å². The van der Waals surface area contributed by atoms with Crippen molar-refractivity contribution in [3.63, 3.8) is 0 Å². The highest BCUT2D eigenvalue weighted by molar-refractivity contribution is 5.85. The predicted octanol–water partition coefficient (Wildman–Crippen LogP) is 2.19. The molecule has 1 aliphatic heterocycles. The van der Waals surface area contributed by atoms with E-state index in [-0.39, 0.29) is 5.97 Å². The van der Waals surface area contributed by atoms with E-state index in [0.29, 0.717) is 0 Å². The fourth-order valence-corrected chi connectivity index (χ4v) is 1.83. The van der Waals surface area contributed by atoms with Crippen molar-refractivity contribution in [2.75, 3.05) is 0 Å². The van der Waals surface area contributed by atoms with Gasteiger partial charge in [0.1, 0.15) is 5.60 Å². The van der Waals surface area contributed by atoms with Gasteiger partial charge in [0.2, 0.25) is 0 Å². The van der Waals surface area contributed by atoms with E-state index >= 15 is 0 Å². The third kappa shape index (κ3) is 2.48. The van der Waals surface area contributed by atoms with Gasteiger partial charge in [0.25, 0.3) is 0 Å². The lowest BCUT2D eigenvalue weighted by atomic mass is 9.97. The molecule has 0 fully saturated rings. The summed E-state index contributed by atoms with van der Waals surface area (Å²) in [5.41, 5.74) is 1.81. The number of nitrogens with zero attached hydrogens (tertiary/aromatic N) is 1. The van der Waals surface area contributed by atoms with Crippen LogP contribution in [0.3, 0.4) is 0 Å². The van der Waals surface area contributed by atoms with Crippen LogP contribution in [0.2, 0.25) is 0 Å². The molecule has 0 saturated carbocycles. The van der Waals surface area contributed by atoms with E-state index in [1.165, 1.54) is 11.6 Å². The van der Waals surface area contributed by atoms with Crippen molar-refractivity contribution >= 4 is 5.97 Å². The molecule has 1 aliphatic rings. The predicted molar refractivity (Wildman–Crippen MR) is 60.9 cm³/mol. The first kappa shape index (κ1) is 10.9. The van der Waals surface area contributed by atoms with Crippen molar-refractivity contribution in [1.29, 1.82) is 0 Å². The topological polar surface area (TPSA) is 39.2 Å². The Morgan fingerprint density at radius 1 is 1.50 bits per heavy atom. The van der Waals surface area contributed by atoms with Gasteiger partial charge in [-0.15, -0.1) is 0 Å².